The first-order valence-corrected chi connectivity index (χ1v) is 4.55. The van der Waals surface area contributed by atoms with Crippen LogP contribution < -0.4 is 5.73 Å². The van der Waals surface area contributed by atoms with Crippen LogP contribution in [-0.4, -0.2) is 19.1 Å². The Morgan fingerprint density at radius 2 is 1.93 bits per heavy atom. The van der Waals surface area contributed by atoms with Gasteiger partial charge in [0.25, 0.3) is 0 Å². The first-order chi connectivity index (χ1) is 6.66. The molecule has 0 fully saturated rings. The van der Waals surface area contributed by atoms with Crippen LogP contribution in [-0.2, 0) is 9.53 Å². The highest BCUT2D eigenvalue weighted by molar-refractivity contribution is 5.76. The van der Waals surface area contributed by atoms with Gasteiger partial charge in [0.2, 0.25) is 0 Å². The van der Waals surface area contributed by atoms with Gasteiger partial charge in [-0.25, -0.2) is 0 Å². The molecule has 0 radical (unpaired) electrons. The summed E-state index contributed by atoms with van der Waals surface area (Å²) in [5.74, 6) is -0.398. The lowest BCUT2D eigenvalue weighted by Crippen LogP contribution is -2.36. The van der Waals surface area contributed by atoms with Crippen molar-refractivity contribution < 1.29 is 9.53 Å². The fourth-order valence-electron chi connectivity index (χ4n) is 1.30. The number of carbonyl (C=O) groups excluding carboxylic acids is 1. The summed E-state index contributed by atoms with van der Waals surface area (Å²) in [5.41, 5.74) is 6.78. The summed E-state index contributed by atoms with van der Waals surface area (Å²) < 4.78 is 4.59. The number of rotatable bonds is 3. The highest BCUT2D eigenvalue weighted by atomic mass is 16.5. The maximum atomic E-state index is 11.2. The van der Waals surface area contributed by atoms with E-state index in [-0.39, 0.29) is 11.9 Å². The summed E-state index contributed by atoms with van der Waals surface area (Å²) in [6.07, 6.45) is 0. The van der Waals surface area contributed by atoms with Crippen molar-refractivity contribution in [1.82, 2.24) is 0 Å². The predicted molar refractivity (Wildman–Crippen MR) is 54.8 cm³/mol. The topological polar surface area (TPSA) is 52.3 Å². The molecule has 1 aromatic carbocycles. The Balaban J connectivity index is 2.75. The zero-order valence-corrected chi connectivity index (χ0v) is 8.44. The number of benzene rings is 1. The van der Waals surface area contributed by atoms with Crippen molar-refractivity contribution in [2.45, 2.75) is 18.9 Å². The van der Waals surface area contributed by atoms with Crippen molar-refractivity contribution in [1.29, 1.82) is 0 Å². The molecular formula is C11H15NO2. The molecule has 0 aliphatic heterocycles. The van der Waals surface area contributed by atoms with Crippen molar-refractivity contribution in [3.05, 3.63) is 35.9 Å². The average Bonchev–Trinajstić information content (AvgIpc) is 2.27. The maximum Gasteiger partial charge on any atom is 0.323 e. The summed E-state index contributed by atoms with van der Waals surface area (Å²) in [5, 5.41) is 0. The Labute approximate surface area is 83.9 Å². The Morgan fingerprint density at radius 1 is 1.36 bits per heavy atom. The molecule has 1 rings (SSSR count). The van der Waals surface area contributed by atoms with Gasteiger partial charge in [-0.05, 0) is 5.56 Å². The van der Waals surface area contributed by atoms with E-state index in [2.05, 4.69) is 4.74 Å². The van der Waals surface area contributed by atoms with Crippen LogP contribution in [0.25, 0.3) is 0 Å². The summed E-state index contributed by atoms with van der Waals surface area (Å²) in [6, 6.07) is 9.09. The second-order valence-electron chi connectivity index (χ2n) is 3.25. The molecule has 3 nitrogen and oxygen atoms in total. The fraction of sp³-hybridized carbons (Fsp3) is 0.364. The molecule has 2 N–H and O–H groups in total. The molecule has 3 heteroatoms. The molecular weight excluding hydrogens is 178 g/mol. The number of hydrogen-bond donors (Lipinski definition) is 1. The highest BCUT2D eigenvalue weighted by Crippen LogP contribution is 2.17. The Kier molecular flexibility index (Phi) is 3.65. The summed E-state index contributed by atoms with van der Waals surface area (Å²) in [4.78, 5) is 11.2. The van der Waals surface area contributed by atoms with Crippen LogP contribution in [0.3, 0.4) is 0 Å². The zero-order valence-electron chi connectivity index (χ0n) is 8.44. The molecule has 0 aromatic heterocycles. The van der Waals surface area contributed by atoms with Crippen molar-refractivity contribution >= 4 is 5.97 Å². The van der Waals surface area contributed by atoms with Gasteiger partial charge in [-0.2, -0.15) is 0 Å². The van der Waals surface area contributed by atoms with E-state index < -0.39 is 6.04 Å². The van der Waals surface area contributed by atoms with Crippen LogP contribution in [0.5, 0.6) is 0 Å². The second kappa shape index (κ2) is 4.77. The minimum absolute atomic E-state index is 0.0244. The smallest absolute Gasteiger partial charge is 0.323 e. The third-order valence-corrected chi connectivity index (χ3v) is 2.34. The van der Waals surface area contributed by atoms with E-state index in [1.54, 1.807) is 0 Å². The summed E-state index contributed by atoms with van der Waals surface area (Å²) >= 11 is 0. The van der Waals surface area contributed by atoms with Gasteiger partial charge in [-0.3, -0.25) is 4.79 Å². The van der Waals surface area contributed by atoms with Crippen molar-refractivity contribution in [3.8, 4) is 0 Å². The molecule has 0 spiro atoms. The molecule has 0 aliphatic carbocycles. The lowest BCUT2D eigenvalue weighted by Gasteiger charge is -2.17. The van der Waals surface area contributed by atoms with E-state index in [0.29, 0.717) is 0 Å². The molecule has 0 aliphatic rings. The van der Waals surface area contributed by atoms with Crippen LogP contribution in [0.4, 0.5) is 0 Å². The number of methoxy groups -OCH3 is 1. The Bertz CT molecular complexity index is 297. The average molecular weight is 193 g/mol. The van der Waals surface area contributed by atoms with Crippen LogP contribution in [0.2, 0.25) is 0 Å². The van der Waals surface area contributed by atoms with Gasteiger partial charge >= 0.3 is 5.97 Å². The van der Waals surface area contributed by atoms with Gasteiger partial charge in [0, 0.05) is 5.92 Å². The van der Waals surface area contributed by atoms with Crippen molar-refractivity contribution in [3.63, 3.8) is 0 Å². The van der Waals surface area contributed by atoms with E-state index >= 15 is 0 Å². The Morgan fingerprint density at radius 3 is 2.43 bits per heavy atom. The first kappa shape index (κ1) is 10.7. The lowest BCUT2D eigenvalue weighted by atomic mass is 9.94. The van der Waals surface area contributed by atoms with Crippen LogP contribution in [0.15, 0.2) is 30.3 Å². The number of hydrogen-bond acceptors (Lipinski definition) is 3. The van der Waals surface area contributed by atoms with E-state index in [4.69, 9.17) is 5.73 Å². The molecule has 0 bridgehead atoms. The molecule has 0 saturated heterocycles. The largest absolute Gasteiger partial charge is 0.468 e. The van der Waals surface area contributed by atoms with Crippen LogP contribution in [0.1, 0.15) is 18.4 Å². The molecule has 76 valence electrons. The summed E-state index contributed by atoms with van der Waals surface area (Å²) in [7, 11) is 1.35. The van der Waals surface area contributed by atoms with Gasteiger partial charge < -0.3 is 10.5 Å². The van der Waals surface area contributed by atoms with Crippen molar-refractivity contribution in [2.75, 3.05) is 7.11 Å². The zero-order chi connectivity index (χ0) is 10.6. The lowest BCUT2D eigenvalue weighted by molar-refractivity contribution is -0.142. The summed E-state index contributed by atoms with van der Waals surface area (Å²) in [6.45, 7) is 1.91. The predicted octanol–water partition coefficient (Wildman–Crippen LogP) is 1.29. The number of esters is 1. The quantitative estimate of drug-likeness (QED) is 0.736. The van der Waals surface area contributed by atoms with Crippen molar-refractivity contribution in [2.24, 2.45) is 5.73 Å². The number of nitrogens with two attached hydrogens (primary N) is 1. The maximum absolute atomic E-state index is 11.2. The molecule has 2 atom stereocenters. The van der Waals surface area contributed by atoms with Gasteiger partial charge in [-0.15, -0.1) is 0 Å². The van der Waals surface area contributed by atoms with Crippen LogP contribution in [0, 0.1) is 0 Å². The minimum atomic E-state index is -0.595. The Hall–Kier alpha value is -1.35. The second-order valence-corrected chi connectivity index (χ2v) is 3.25. The molecule has 0 heterocycles. The minimum Gasteiger partial charge on any atom is -0.468 e. The fourth-order valence-corrected chi connectivity index (χ4v) is 1.30. The van der Waals surface area contributed by atoms with Gasteiger partial charge in [0.1, 0.15) is 6.04 Å². The molecule has 0 saturated carbocycles. The van der Waals surface area contributed by atoms with Gasteiger partial charge in [-0.1, -0.05) is 37.3 Å². The number of ether oxygens (including phenoxy) is 1. The standard InChI is InChI=1S/C11H15NO2/c1-8(10(12)11(13)14-2)9-6-4-3-5-7-9/h3-8,10H,12H2,1-2H3/t8-,10?/m1/s1. The number of carbonyl (C=O) groups is 1. The monoisotopic (exact) mass is 193 g/mol. The van der Waals surface area contributed by atoms with Gasteiger partial charge in [0.15, 0.2) is 0 Å². The van der Waals surface area contributed by atoms with E-state index in [9.17, 15) is 4.79 Å². The van der Waals surface area contributed by atoms with E-state index in [0.717, 1.165) is 5.56 Å². The normalized spacial score (nSPS) is 14.5. The first-order valence-electron chi connectivity index (χ1n) is 4.55. The molecule has 14 heavy (non-hydrogen) atoms. The van der Waals surface area contributed by atoms with Crippen LogP contribution >= 0.6 is 0 Å². The third-order valence-electron chi connectivity index (χ3n) is 2.34. The van der Waals surface area contributed by atoms with E-state index in [1.165, 1.54) is 7.11 Å². The SMILES string of the molecule is COC(=O)C(N)[C@H](C)c1ccccc1. The highest BCUT2D eigenvalue weighted by Gasteiger charge is 2.22. The molecule has 1 aromatic rings. The van der Waals surface area contributed by atoms with E-state index in [1.807, 2.05) is 37.3 Å². The third kappa shape index (κ3) is 2.33. The molecule has 0 amide bonds. The molecule has 1 unspecified atom stereocenters. The van der Waals surface area contributed by atoms with Gasteiger partial charge in [0.05, 0.1) is 7.11 Å².